The molecule has 0 saturated carbocycles. The zero-order chi connectivity index (χ0) is 10.7. The summed E-state index contributed by atoms with van der Waals surface area (Å²) in [5, 5.41) is 14.7. The predicted molar refractivity (Wildman–Crippen MR) is 52.0 cm³/mol. The maximum Gasteiger partial charge on any atom is 0.312 e. The van der Waals surface area contributed by atoms with Crippen molar-refractivity contribution < 1.29 is 4.92 Å². The van der Waals surface area contributed by atoms with Crippen molar-refractivity contribution in [3.63, 3.8) is 0 Å². The molecule has 0 radical (unpaired) electrons. The van der Waals surface area contributed by atoms with Crippen LogP contribution in [0.2, 0.25) is 0 Å². The summed E-state index contributed by atoms with van der Waals surface area (Å²) in [6, 6.07) is 0. The lowest BCUT2D eigenvalue weighted by Crippen LogP contribution is -2.08. The van der Waals surface area contributed by atoms with Gasteiger partial charge >= 0.3 is 5.69 Å². The van der Waals surface area contributed by atoms with Crippen molar-refractivity contribution >= 4 is 5.69 Å². The third-order valence-corrected chi connectivity index (χ3v) is 2.10. The Labute approximate surface area is 81.9 Å². The second-order valence-corrected chi connectivity index (χ2v) is 3.14. The van der Waals surface area contributed by atoms with Crippen molar-refractivity contribution in [2.45, 2.75) is 26.8 Å². The third-order valence-electron chi connectivity index (χ3n) is 2.10. The second-order valence-electron chi connectivity index (χ2n) is 3.14. The quantitative estimate of drug-likeness (QED) is 0.571. The Morgan fingerprint density at radius 1 is 1.57 bits per heavy atom. The highest BCUT2D eigenvalue weighted by atomic mass is 16.6. The van der Waals surface area contributed by atoms with Crippen LogP contribution in [0.1, 0.15) is 17.8 Å². The summed E-state index contributed by atoms with van der Waals surface area (Å²) in [6.07, 6.45) is 0.777. The fourth-order valence-electron chi connectivity index (χ4n) is 1.41. The first kappa shape index (κ1) is 10.6. The van der Waals surface area contributed by atoms with Gasteiger partial charge in [0.1, 0.15) is 11.4 Å². The number of nitro groups is 1. The molecular formula is C8H14N4O2. The SMILES string of the molecule is Cc1nn(CCCN)c(C)c1[N+](=O)[O-]. The van der Waals surface area contributed by atoms with E-state index in [1.807, 2.05) is 0 Å². The van der Waals surface area contributed by atoms with Crippen molar-refractivity contribution in [3.05, 3.63) is 21.5 Å². The van der Waals surface area contributed by atoms with E-state index in [1.165, 1.54) is 0 Å². The van der Waals surface area contributed by atoms with Gasteiger partial charge in [-0.2, -0.15) is 5.10 Å². The number of nitrogens with two attached hydrogens (primary N) is 1. The van der Waals surface area contributed by atoms with Gasteiger partial charge in [-0.05, 0) is 26.8 Å². The van der Waals surface area contributed by atoms with E-state index < -0.39 is 4.92 Å². The monoisotopic (exact) mass is 198 g/mol. The standard InChI is InChI=1S/C8H14N4O2/c1-6-8(12(13)14)7(2)11(10-6)5-3-4-9/h3-5,9H2,1-2H3. The molecule has 0 aliphatic carbocycles. The molecule has 0 fully saturated rings. The van der Waals surface area contributed by atoms with Gasteiger partial charge in [0.2, 0.25) is 0 Å². The minimum absolute atomic E-state index is 0.113. The molecule has 1 rings (SSSR count). The van der Waals surface area contributed by atoms with E-state index in [9.17, 15) is 10.1 Å². The molecule has 0 atom stereocenters. The highest BCUT2D eigenvalue weighted by molar-refractivity contribution is 5.39. The van der Waals surface area contributed by atoms with Crippen LogP contribution in [0, 0.1) is 24.0 Å². The number of rotatable bonds is 4. The van der Waals surface area contributed by atoms with Gasteiger partial charge in [0.25, 0.3) is 0 Å². The third kappa shape index (κ3) is 1.90. The van der Waals surface area contributed by atoms with Gasteiger partial charge in [0.15, 0.2) is 0 Å². The highest BCUT2D eigenvalue weighted by Gasteiger charge is 2.20. The highest BCUT2D eigenvalue weighted by Crippen LogP contribution is 2.21. The van der Waals surface area contributed by atoms with Crippen molar-refractivity contribution in [1.29, 1.82) is 0 Å². The van der Waals surface area contributed by atoms with Crippen LogP contribution in [-0.4, -0.2) is 21.2 Å². The van der Waals surface area contributed by atoms with Crippen LogP contribution in [0.4, 0.5) is 5.69 Å². The number of hydrogen-bond donors (Lipinski definition) is 1. The average molecular weight is 198 g/mol. The molecule has 1 heterocycles. The van der Waals surface area contributed by atoms with E-state index in [0.29, 0.717) is 24.5 Å². The molecule has 2 N–H and O–H groups in total. The molecule has 0 bridgehead atoms. The molecule has 1 aromatic heterocycles. The molecule has 14 heavy (non-hydrogen) atoms. The normalized spacial score (nSPS) is 10.5. The Hall–Kier alpha value is -1.43. The minimum atomic E-state index is -0.392. The fraction of sp³-hybridized carbons (Fsp3) is 0.625. The fourth-order valence-corrected chi connectivity index (χ4v) is 1.41. The zero-order valence-corrected chi connectivity index (χ0v) is 8.36. The van der Waals surface area contributed by atoms with E-state index in [1.54, 1.807) is 18.5 Å². The van der Waals surface area contributed by atoms with Crippen LogP contribution in [0.15, 0.2) is 0 Å². The van der Waals surface area contributed by atoms with E-state index in [2.05, 4.69) is 5.10 Å². The number of hydrogen-bond acceptors (Lipinski definition) is 4. The summed E-state index contributed by atoms with van der Waals surface area (Å²) in [5.74, 6) is 0. The van der Waals surface area contributed by atoms with Crippen LogP contribution in [0.5, 0.6) is 0 Å². The van der Waals surface area contributed by atoms with E-state index in [-0.39, 0.29) is 5.69 Å². The first-order valence-corrected chi connectivity index (χ1v) is 4.46. The predicted octanol–water partition coefficient (Wildman–Crippen LogP) is 0.757. The summed E-state index contributed by atoms with van der Waals surface area (Å²) in [5.41, 5.74) is 6.53. The maximum absolute atomic E-state index is 10.7. The summed E-state index contributed by atoms with van der Waals surface area (Å²) >= 11 is 0. The Bertz CT molecular complexity index is 345. The van der Waals surface area contributed by atoms with Crippen molar-refractivity contribution in [3.8, 4) is 0 Å². The van der Waals surface area contributed by atoms with Crippen molar-refractivity contribution in [2.24, 2.45) is 5.73 Å². The molecule has 0 saturated heterocycles. The summed E-state index contributed by atoms with van der Waals surface area (Å²) in [6.45, 7) is 4.54. The Morgan fingerprint density at radius 2 is 2.21 bits per heavy atom. The van der Waals surface area contributed by atoms with E-state index >= 15 is 0 Å². The largest absolute Gasteiger partial charge is 0.330 e. The molecule has 0 aliphatic heterocycles. The number of aromatic nitrogens is 2. The van der Waals surface area contributed by atoms with Gasteiger partial charge in [-0.25, -0.2) is 0 Å². The number of nitrogens with zero attached hydrogens (tertiary/aromatic N) is 3. The topological polar surface area (TPSA) is 87.0 Å². The lowest BCUT2D eigenvalue weighted by molar-refractivity contribution is -0.386. The molecule has 0 amide bonds. The van der Waals surface area contributed by atoms with Gasteiger partial charge in [0, 0.05) is 6.54 Å². The van der Waals surface area contributed by atoms with Gasteiger partial charge in [0.05, 0.1) is 4.92 Å². The molecule has 0 aromatic carbocycles. The second kappa shape index (κ2) is 4.19. The lowest BCUT2D eigenvalue weighted by Gasteiger charge is -2.00. The zero-order valence-electron chi connectivity index (χ0n) is 8.36. The Balaban J connectivity index is 2.98. The van der Waals surface area contributed by atoms with Gasteiger partial charge in [-0.1, -0.05) is 0 Å². The van der Waals surface area contributed by atoms with Gasteiger partial charge in [-0.15, -0.1) is 0 Å². The minimum Gasteiger partial charge on any atom is -0.330 e. The van der Waals surface area contributed by atoms with Gasteiger partial charge < -0.3 is 5.73 Å². The average Bonchev–Trinajstić information content (AvgIpc) is 2.38. The summed E-state index contributed by atoms with van der Waals surface area (Å²) in [7, 11) is 0. The lowest BCUT2D eigenvalue weighted by atomic mass is 10.3. The van der Waals surface area contributed by atoms with E-state index in [4.69, 9.17) is 5.73 Å². The smallest absolute Gasteiger partial charge is 0.312 e. The van der Waals surface area contributed by atoms with Crippen molar-refractivity contribution in [1.82, 2.24) is 9.78 Å². The van der Waals surface area contributed by atoms with Crippen LogP contribution < -0.4 is 5.73 Å². The van der Waals surface area contributed by atoms with Crippen LogP contribution in [0.3, 0.4) is 0 Å². The number of aryl methyl sites for hydroxylation is 2. The Morgan fingerprint density at radius 3 is 2.64 bits per heavy atom. The van der Waals surface area contributed by atoms with Crippen molar-refractivity contribution in [2.75, 3.05) is 6.54 Å². The Kier molecular flexibility index (Phi) is 3.19. The maximum atomic E-state index is 10.7. The molecule has 0 aliphatic rings. The molecule has 0 spiro atoms. The first-order chi connectivity index (χ1) is 6.57. The molecule has 0 unspecified atom stereocenters. The van der Waals surface area contributed by atoms with E-state index in [0.717, 1.165) is 6.42 Å². The van der Waals surface area contributed by atoms with Crippen LogP contribution in [0.25, 0.3) is 0 Å². The van der Waals surface area contributed by atoms with Crippen LogP contribution in [-0.2, 0) is 6.54 Å². The van der Waals surface area contributed by atoms with Gasteiger partial charge in [-0.3, -0.25) is 14.8 Å². The van der Waals surface area contributed by atoms with Crippen LogP contribution >= 0.6 is 0 Å². The summed E-state index contributed by atoms with van der Waals surface area (Å²) < 4.78 is 1.64. The molecule has 6 nitrogen and oxygen atoms in total. The molecule has 1 aromatic rings. The molecule has 6 heteroatoms. The molecular weight excluding hydrogens is 184 g/mol. The first-order valence-electron chi connectivity index (χ1n) is 4.46. The summed E-state index contributed by atoms with van der Waals surface area (Å²) in [4.78, 5) is 10.3. The molecule has 78 valence electrons.